The van der Waals surface area contributed by atoms with Gasteiger partial charge >= 0.3 is 5.97 Å². The van der Waals surface area contributed by atoms with E-state index in [1.807, 2.05) is 17.7 Å². The first kappa shape index (κ1) is 15.7. The number of carbonyl (C=O) groups excluding carboxylic acids is 1. The van der Waals surface area contributed by atoms with Crippen LogP contribution in [0, 0.1) is 12.8 Å². The number of aryl methyl sites for hydroxylation is 2. The summed E-state index contributed by atoms with van der Waals surface area (Å²) in [5.74, 6) is -1.97. The first-order chi connectivity index (χ1) is 10.9. The molecule has 2 N–H and O–H groups in total. The molecule has 124 valence electrons. The molecule has 0 saturated carbocycles. The van der Waals surface area contributed by atoms with E-state index in [0.29, 0.717) is 17.7 Å². The number of aliphatic hydroxyl groups excluding tert-OH is 1. The van der Waals surface area contributed by atoms with Crippen LogP contribution in [0.5, 0.6) is 0 Å². The zero-order valence-corrected chi connectivity index (χ0v) is 13.5. The van der Waals surface area contributed by atoms with Crippen LogP contribution in [0.2, 0.25) is 0 Å². The monoisotopic (exact) mass is 319 g/mol. The Morgan fingerprint density at radius 3 is 2.78 bits per heavy atom. The predicted molar refractivity (Wildman–Crippen MR) is 82.2 cm³/mol. The number of nitrogens with zero attached hydrogens (tertiary/aromatic N) is 3. The van der Waals surface area contributed by atoms with E-state index in [0.717, 1.165) is 18.7 Å². The Morgan fingerprint density at radius 1 is 1.52 bits per heavy atom. The molecule has 3 rings (SSSR count). The standard InChI is InChI=1S/C16H21N3O4/c1-4-5-18-8(2)6-11(17-18)10-7-12-13(9(3)20)15(21)19(12)14(10)16(22)23/h6,9,12-13,20H,4-5,7H2,1-3H3,(H,22,23)/t9-,12-,13-/m1/s1. The quantitative estimate of drug-likeness (QED) is 0.790. The number of aliphatic carboxylic acids is 1. The molecule has 7 heteroatoms. The highest BCUT2D eigenvalue weighted by Gasteiger charge is 2.57. The highest BCUT2D eigenvalue weighted by atomic mass is 16.4. The topological polar surface area (TPSA) is 95.7 Å². The molecule has 2 aliphatic heterocycles. The molecule has 1 aromatic heterocycles. The SMILES string of the molecule is CCCn1nc(C2=C(C(=O)O)N3C(=O)[C@H]([C@@H](C)O)[C@H]3C2)cc1C. The van der Waals surface area contributed by atoms with Crippen molar-refractivity contribution in [3.05, 3.63) is 23.2 Å². The van der Waals surface area contributed by atoms with Gasteiger partial charge in [-0.3, -0.25) is 9.48 Å². The predicted octanol–water partition coefficient (Wildman–Crippen LogP) is 1.01. The minimum absolute atomic E-state index is 0.0121. The van der Waals surface area contributed by atoms with Crippen molar-refractivity contribution in [3.63, 3.8) is 0 Å². The Kier molecular flexibility index (Phi) is 3.75. The van der Waals surface area contributed by atoms with Gasteiger partial charge in [0, 0.05) is 17.8 Å². The average Bonchev–Trinajstić information content (AvgIpc) is 2.98. The summed E-state index contributed by atoms with van der Waals surface area (Å²) in [6, 6.07) is 1.59. The van der Waals surface area contributed by atoms with Gasteiger partial charge in [-0.2, -0.15) is 5.10 Å². The second-order valence-electron chi connectivity index (χ2n) is 6.27. The molecule has 3 atom stereocenters. The summed E-state index contributed by atoms with van der Waals surface area (Å²) < 4.78 is 1.85. The number of carbonyl (C=O) groups is 2. The Morgan fingerprint density at radius 2 is 2.22 bits per heavy atom. The average molecular weight is 319 g/mol. The van der Waals surface area contributed by atoms with Crippen molar-refractivity contribution >= 4 is 17.4 Å². The summed E-state index contributed by atoms with van der Waals surface area (Å²) in [5, 5.41) is 23.8. The first-order valence-electron chi connectivity index (χ1n) is 7.89. The van der Waals surface area contributed by atoms with Gasteiger partial charge in [-0.15, -0.1) is 0 Å². The molecule has 23 heavy (non-hydrogen) atoms. The third kappa shape index (κ3) is 2.26. The molecule has 1 aromatic rings. The van der Waals surface area contributed by atoms with E-state index in [1.54, 1.807) is 6.92 Å². The van der Waals surface area contributed by atoms with E-state index in [-0.39, 0.29) is 17.6 Å². The molecular weight excluding hydrogens is 298 g/mol. The minimum atomic E-state index is -1.12. The maximum atomic E-state index is 12.2. The van der Waals surface area contributed by atoms with E-state index >= 15 is 0 Å². The Hall–Kier alpha value is -2.15. The fourth-order valence-electron chi connectivity index (χ4n) is 3.59. The van der Waals surface area contributed by atoms with Gasteiger partial charge in [-0.05, 0) is 32.8 Å². The molecule has 0 unspecified atom stereocenters. The van der Waals surface area contributed by atoms with Crippen molar-refractivity contribution in [1.82, 2.24) is 14.7 Å². The zero-order valence-electron chi connectivity index (χ0n) is 13.5. The number of hydrogen-bond acceptors (Lipinski definition) is 4. The lowest BCUT2D eigenvalue weighted by Gasteiger charge is -2.44. The molecular formula is C16H21N3O4. The van der Waals surface area contributed by atoms with Crippen molar-refractivity contribution in [3.8, 4) is 0 Å². The van der Waals surface area contributed by atoms with E-state index < -0.39 is 18.0 Å². The van der Waals surface area contributed by atoms with Gasteiger partial charge in [-0.1, -0.05) is 6.92 Å². The third-order valence-electron chi connectivity index (χ3n) is 4.66. The fourth-order valence-corrected chi connectivity index (χ4v) is 3.59. The molecule has 2 aliphatic rings. The van der Waals surface area contributed by atoms with Crippen molar-refractivity contribution < 1.29 is 19.8 Å². The van der Waals surface area contributed by atoms with E-state index in [4.69, 9.17) is 0 Å². The van der Waals surface area contributed by atoms with Gasteiger partial charge in [0.15, 0.2) is 0 Å². The molecule has 0 aliphatic carbocycles. The molecule has 0 bridgehead atoms. The zero-order chi connectivity index (χ0) is 16.9. The van der Waals surface area contributed by atoms with Crippen LogP contribution >= 0.6 is 0 Å². The molecule has 1 saturated heterocycles. The lowest BCUT2D eigenvalue weighted by molar-refractivity contribution is -0.161. The number of rotatable bonds is 5. The largest absolute Gasteiger partial charge is 0.477 e. The molecule has 7 nitrogen and oxygen atoms in total. The van der Waals surface area contributed by atoms with Crippen LogP contribution in [0.15, 0.2) is 11.8 Å². The van der Waals surface area contributed by atoms with Crippen LogP contribution in [0.4, 0.5) is 0 Å². The van der Waals surface area contributed by atoms with Gasteiger partial charge in [0.2, 0.25) is 5.91 Å². The molecule has 1 amide bonds. The Balaban J connectivity index is 2.00. The minimum Gasteiger partial charge on any atom is -0.477 e. The van der Waals surface area contributed by atoms with Crippen molar-refractivity contribution in [2.75, 3.05) is 0 Å². The van der Waals surface area contributed by atoms with Gasteiger partial charge in [0.05, 0.1) is 23.8 Å². The van der Waals surface area contributed by atoms with Crippen LogP contribution < -0.4 is 0 Å². The molecule has 0 spiro atoms. The van der Waals surface area contributed by atoms with Crippen LogP contribution in [0.3, 0.4) is 0 Å². The second kappa shape index (κ2) is 5.49. The number of carboxylic acid groups (broad SMARTS) is 1. The van der Waals surface area contributed by atoms with Gasteiger partial charge < -0.3 is 15.1 Å². The summed E-state index contributed by atoms with van der Waals surface area (Å²) in [6.45, 7) is 6.32. The van der Waals surface area contributed by atoms with E-state index in [2.05, 4.69) is 12.0 Å². The molecule has 3 heterocycles. The lowest BCUT2D eigenvalue weighted by atomic mass is 9.83. The smallest absolute Gasteiger partial charge is 0.352 e. The molecule has 0 radical (unpaired) electrons. The second-order valence-corrected chi connectivity index (χ2v) is 6.27. The summed E-state index contributed by atoms with van der Waals surface area (Å²) in [4.78, 5) is 25.2. The first-order valence-corrected chi connectivity index (χ1v) is 7.89. The number of fused-ring (bicyclic) bond motifs is 1. The molecule has 0 aromatic carbocycles. The van der Waals surface area contributed by atoms with Crippen LogP contribution in [-0.2, 0) is 16.1 Å². The Bertz CT molecular complexity index is 704. The summed E-state index contributed by atoms with van der Waals surface area (Å²) in [7, 11) is 0. The number of amides is 1. The van der Waals surface area contributed by atoms with Gasteiger partial charge in [-0.25, -0.2) is 4.79 Å². The maximum absolute atomic E-state index is 12.2. The van der Waals surface area contributed by atoms with Crippen molar-refractivity contribution in [2.45, 2.75) is 52.3 Å². The van der Waals surface area contributed by atoms with E-state index in [9.17, 15) is 19.8 Å². The van der Waals surface area contributed by atoms with Gasteiger partial charge in [0.25, 0.3) is 0 Å². The number of hydrogen-bond donors (Lipinski definition) is 2. The lowest BCUT2D eigenvalue weighted by Crippen LogP contribution is -2.61. The van der Waals surface area contributed by atoms with Crippen LogP contribution in [0.1, 0.15) is 38.1 Å². The van der Waals surface area contributed by atoms with Crippen molar-refractivity contribution in [1.29, 1.82) is 0 Å². The number of β-lactam (4-membered cyclic amide) rings is 1. The number of aromatic nitrogens is 2. The highest BCUT2D eigenvalue weighted by Crippen LogP contribution is 2.46. The number of aliphatic hydroxyl groups is 1. The van der Waals surface area contributed by atoms with E-state index in [1.165, 1.54) is 4.90 Å². The third-order valence-corrected chi connectivity index (χ3v) is 4.66. The van der Waals surface area contributed by atoms with Gasteiger partial charge in [0.1, 0.15) is 5.70 Å². The highest BCUT2D eigenvalue weighted by molar-refractivity contribution is 6.05. The Labute approximate surface area is 134 Å². The van der Waals surface area contributed by atoms with Crippen molar-refractivity contribution in [2.24, 2.45) is 5.92 Å². The molecule has 1 fully saturated rings. The maximum Gasteiger partial charge on any atom is 0.352 e. The summed E-state index contributed by atoms with van der Waals surface area (Å²) >= 11 is 0. The summed E-state index contributed by atoms with van der Waals surface area (Å²) in [6.07, 6.45) is 0.577. The number of carboxylic acids is 1. The van der Waals surface area contributed by atoms with Crippen LogP contribution in [0.25, 0.3) is 5.57 Å². The summed E-state index contributed by atoms with van der Waals surface area (Å²) in [5.41, 5.74) is 2.17. The fraction of sp³-hybridized carbons (Fsp3) is 0.562. The van der Waals surface area contributed by atoms with Crippen LogP contribution in [-0.4, -0.2) is 48.9 Å². The normalized spacial score (nSPS) is 24.7.